The van der Waals surface area contributed by atoms with E-state index < -0.39 is 17.7 Å². The van der Waals surface area contributed by atoms with Crippen molar-refractivity contribution in [3.8, 4) is 11.5 Å². The summed E-state index contributed by atoms with van der Waals surface area (Å²) in [7, 11) is 2.96. The highest BCUT2D eigenvalue weighted by molar-refractivity contribution is 6.42. The number of furan rings is 1. The summed E-state index contributed by atoms with van der Waals surface area (Å²) in [5, 5.41) is 9.27. The number of benzene rings is 2. The molecule has 3 N–H and O–H groups in total. The number of amides is 3. The third-order valence-corrected chi connectivity index (χ3v) is 5.20. The normalized spacial score (nSPS) is 10.6. The molecule has 0 spiro atoms. The number of nitrogens with zero attached hydrogens (tertiary/aromatic N) is 1. The minimum Gasteiger partial charge on any atom is -0.497 e. The van der Waals surface area contributed by atoms with E-state index in [1.165, 1.54) is 38.6 Å². The molecule has 10 nitrogen and oxygen atoms in total. The zero-order chi connectivity index (χ0) is 25.4. The van der Waals surface area contributed by atoms with Crippen LogP contribution in [0, 0.1) is 0 Å². The number of rotatable bonds is 8. The number of hydrazone groups is 1. The van der Waals surface area contributed by atoms with Gasteiger partial charge in [0.2, 0.25) is 0 Å². The SMILES string of the molecule is COc1cc(OC)cc(C(=O)N/N=C\c2ccc(CNC(=O)C(=O)Nc3ccc(Cl)c(Cl)c3)o2)c1. The summed E-state index contributed by atoms with van der Waals surface area (Å²) in [6.45, 7) is -0.0442. The maximum absolute atomic E-state index is 12.3. The number of nitrogens with one attached hydrogen (secondary N) is 3. The number of anilines is 1. The van der Waals surface area contributed by atoms with Gasteiger partial charge in [0, 0.05) is 17.3 Å². The average Bonchev–Trinajstić information content (AvgIpc) is 3.31. The second-order valence-electron chi connectivity index (χ2n) is 6.87. The van der Waals surface area contributed by atoms with Crippen molar-refractivity contribution < 1.29 is 28.3 Å². The minimum atomic E-state index is -0.881. The van der Waals surface area contributed by atoms with Crippen molar-refractivity contribution in [1.29, 1.82) is 0 Å². The van der Waals surface area contributed by atoms with Crippen molar-refractivity contribution in [3.05, 3.63) is 75.7 Å². The minimum absolute atomic E-state index is 0.0442. The highest BCUT2D eigenvalue weighted by Crippen LogP contribution is 2.25. The molecular formula is C23H20Cl2N4O6. The summed E-state index contributed by atoms with van der Waals surface area (Å²) >= 11 is 11.7. The second-order valence-corrected chi connectivity index (χ2v) is 7.68. The van der Waals surface area contributed by atoms with E-state index in [9.17, 15) is 14.4 Å². The summed E-state index contributed by atoms with van der Waals surface area (Å²) in [5.41, 5.74) is 2.99. The van der Waals surface area contributed by atoms with Crippen molar-refractivity contribution >= 4 is 52.8 Å². The largest absolute Gasteiger partial charge is 0.497 e. The molecule has 1 heterocycles. The van der Waals surface area contributed by atoms with E-state index in [0.29, 0.717) is 39.3 Å². The Kier molecular flexibility index (Phi) is 8.71. The monoisotopic (exact) mass is 518 g/mol. The molecule has 0 bridgehead atoms. The zero-order valence-corrected chi connectivity index (χ0v) is 20.1. The molecule has 12 heteroatoms. The summed E-state index contributed by atoms with van der Waals surface area (Å²) in [4.78, 5) is 36.4. The van der Waals surface area contributed by atoms with E-state index in [0.717, 1.165) is 0 Å². The molecule has 0 radical (unpaired) electrons. The van der Waals surface area contributed by atoms with Crippen LogP contribution in [0.3, 0.4) is 0 Å². The van der Waals surface area contributed by atoms with E-state index in [1.807, 2.05) is 0 Å². The van der Waals surface area contributed by atoms with Crippen LogP contribution in [-0.2, 0) is 16.1 Å². The number of hydrogen-bond donors (Lipinski definition) is 3. The average molecular weight is 519 g/mol. The number of carbonyl (C=O) groups excluding carboxylic acids is 3. The fourth-order valence-corrected chi connectivity index (χ4v) is 3.02. The predicted molar refractivity (Wildman–Crippen MR) is 130 cm³/mol. The molecule has 0 unspecified atom stereocenters. The van der Waals surface area contributed by atoms with Crippen LogP contribution < -0.4 is 25.5 Å². The van der Waals surface area contributed by atoms with Crippen molar-refractivity contribution in [2.75, 3.05) is 19.5 Å². The number of carbonyl (C=O) groups is 3. The topological polar surface area (TPSA) is 131 Å². The smallest absolute Gasteiger partial charge is 0.313 e. The lowest BCUT2D eigenvalue weighted by atomic mass is 10.2. The predicted octanol–water partition coefficient (Wildman–Crippen LogP) is 3.62. The van der Waals surface area contributed by atoms with E-state index in [1.54, 1.807) is 30.3 Å². The van der Waals surface area contributed by atoms with E-state index >= 15 is 0 Å². The molecule has 0 saturated carbocycles. The summed E-state index contributed by atoms with van der Waals surface area (Å²) in [6.07, 6.45) is 1.29. The van der Waals surface area contributed by atoms with Crippen LogP contribution in [0.5, 0.6) is 11.5 Å². The summed E-state index contributed by atoms with van der Waals surface area (Å²) < 4.78 is 15.8. The molecule has 0 aliphatic heterocycles. The Morgan fingerprint density at radius 1 is 0.943 bits per heavy atom. The van der Waals surface area contributed by atoms with Crippen LogP contribution in [0.4, 0.5) is 5.69 Å². The molecule has 1 aromatic heterocycles. The molecule has 0 aliphatic carbocycles. The van der Waals surface area contributed by atoms with E-state index in [4.69, 9.17) is 37.1 Å². The van der Waals surface area contributed by atoms with Crippen molar-refractivity contribution in [1.82, 2.24) is 10.7 Å². The van der Waals surface area contributed by atoms with Gasteiger partial charge in [-0.15, -0.1) is 0 Å². The second kappa shape index (κ2) is 11.9. The maximum Gasteiger partial charge on any atom is 0.313 e. The van der Waals surface area contributed by atoms with Gasteiger partial charge in [-0.05, 0) is 42.5 Å². The Morgan fingerprint density at radius 3 is 2.31 bits per heavy atom. The van der Waals surface area contributed by atoms with Crippen molar-refractivity contribution in [2.24, 2.45) is 5.10 Å². The highest BCUT2D eigenvalue weighted by Gasteiger charge is 2.15. The molecule has 0 fully saturated rings. The first-order chi connectivity index (χ1) is 16.8. The van der Waals surface area contributed by atoms with Gasteiger partial charge in [-0.25, -0.2) is 5.43 Å². The molecule has 2 aromatic carbocycles. The Balaban J connectivity index is 1.50. The van der Waals surface area contributed by atoms with Crippen LogP contribution in [0.1, 0.15) is 21.9 Å². The third-order valence-electron chi connectivity index (χ3n) is 4.46. The van der Waals surface area contributed by atoms with E-state index in [-0.39, 0.29) is 11.6 Å². The standard InChI is InChI=1S/C23H20Cl2N4O6/c1-33-17-7-13(8-18(10-17)34-2)21(30)29-27-12-16-5-4-15(35-16)11-26-22(31)23(32)28-14-3-6-19(24)20(25)9-14/h3-10,12H,11H2,1-2H3,(H,26,31)(H,28,32)(H,29,30)/b27-12-. The first-order valence-electron chi connectivity index (χ1n) is 9.98. The first-order valence-corrected chi connectivity index (χ1v) is 10.7. The molecule has 3 aromatic rings. The number of hydrogen-bond acceptors (Lipinski definition) is 7. The number of ether oxygens (including phenoxy) is 2. The first kappa shape index (κ1) is 25.6. The molecular weight excluding hydrogens is 499 g/mol. The maximum atomic E-state index is 12.3. The van der Waals surface area contributed by atoms with Gasteiger partial charge in [-0.3, -0.25) is 14.4 Å². The van der Waals surface area contributed by atoms with Gasteiger partial charge >= 0.3 is 11.8 Å². The summed E-state index contributed by atoms with van der Waals surface area (Å²) in [6, 6.07) is 12.3. The van der Waals surface area contributed by atoms with Crippen LogP contribution in [0.25, 0.3) is 0 Å². The van der Waals surface area contributed by atoms with Gasteiger partial charge in [-0.1, -0.05) is 23.2 Å². The van der Waals surface area contributed by atoms with Gasteiger partial charge in [0.1, 0.15) is 23.0 Å². The Bertz CT molecular complexity index is 1250. The van der Waals surface area contributed by atoms with E-state index in [2.05, 4.69) is 21.2 Å². The Labute approximate surface area is 210 Å². The molecule has 0 aliphatic rings. The van der Waals surface area contributed by atoms with Crippen LogP contribution >= 0.6 is 23.2 Å². The summed E-state index contributed by atoms with van der Waals surface area (Å²) in [5.74, 6) is -0.629. The third kappa shape index (κ3) is 7.23. The van der Waals surface area contributed by atoms with Gasteiger partial charge in [-0.2, -0.15) is 5.10 Å². The molecule has 0 saturated heterocycles. The quantitative estimate of drug-likeness (QED) is 0.237. The van der Waals surface area contributed by atoms with Gasteiger partial charge in [0.15, 0.2) is 0 Å². The van der Waals surface area contributed by atoms with Crippen LogP contribution in [-0.4, -0.2) is 38.2 Å². The molecule has 3 amide bonds. The highest BCUT2D eigenvalue weighted by atomic mass is 35.5. The Morgan fingerprint density at radius 2 is 1.66 bits per heavy atom. The Hall–Kier alpha value is -4.02. The van der Waals surface area contributed by atoms with Gasteiger partial charge < -0.3 is 24.5 Å². The number of halogens is 2. The fourth-order valence-electron chi connectivity index (χ4n) is 2.73. The molecule has 182 valence electrons. The lowest BCUT2D eigenvalue weighted by molar-refractivity contribution is -0.136. The number of methoxy groups -OCH3 is 2. The molecule has 35 heavy (non-hydrogen) atoms. The fraction of sp³-hybridized carbons (Fsp3) is 0.130. The zero-order valence-electron chi connectivity index (χ0n) is 18.6. The van der Waals surface area contributed by atoms with Crippen molar-refractivity contribution in [2.45, 2.75) is 6.54 Å². The molecule has 3 rings (SSSR count). The lowest BCUT2D eigenvalue weighted by Gasteiger charge is -2.07. The van der Waals surface area contributed by atoms with Gasteiger partial charge in [0.25, 0.3) is 5.91 Å². The molecule has 0 atom stereocenters. The van der Waals surface area contributed by atoms with Crippen LogP contribution in [0.15, 0.2) is 58.0 Å². The van der Waals surface area contributed by atoms with Gasteiger partial charge in [0.05, 0.1) is 37.0 Å². The van der Waals surface area contributed by atoms with Crippen LogP contribution in [0.2, 0.25) is 10.0 Å². The lowest BCUT2D eigenvalue weighted by Crippen LogP contribution is -2.34. The van der Waals surface area contributed by atoms with Crippen molar-refractivity contribution in [3.63, 3.8) is 0 Å².